The van der Waals surface area contributed by atoms with Gasteiger partial charge in [0, 0.05) is 11.8 Å². The summed E-state index contributed by atoms with van der Waals surface area (Å²) < 4.78 is 0.932. The summed E-state index contributed by atoms with van der Waals surface area (Å²) in [5.74, 6) is -0.145. The van der Waals surface area contributed by atoms with Crippen LogP contribution in [0.4, 0.5) is 0 Å². The van der Waals surface area contributed by atoms with E-state index in [0.717, 1.165) is 27.3 Å². The van der Waals surface area contributed by atoms with Crippen molar-refractivity contribution in [3.05, 3.63) is 47.0 Å². The standard InChI is InChI=1S/C12H10N2O2S2/c15-11(16)5-4-9-2-1-3-10(6-9)7-17-12-14-13-8-18-12/h1-6,8H,7H2,(H,15,16)/b5-4+. The van der Waals surface area contributed by atoms with Crippen LogP contribution in [0.3, 0.4) is 0 Å². The maximum Gasteiger partial charge on any atom is 0.328 e. The highest BCUT2D eigenvalue weighted by atomic mass is 32.2. The Labute approximate surface area is 112 Å². The molecule has 0 spiro atoms. The molecule has 92 valence electrons. The van der Waals surface area contributed by atoms with Gasteiger partial charge in [0.2, 0.25) is 0 Å². The Morgan fingerprint density at radius 1 is 1.50 bits per heavy atom. The lowest BCUT2D eigenvalue weighted by atomic mass is 10.1. The molecule has 0 radical (unpaired) electrons. The minimum atomic E-state index is -0.941. The second-order valence-electron chi connectivity index (χ2n) is 3.41. The van der Waals surface area contributed by atoms with Gasteiger partial charge >= 0.3 is 5.97 Å². The highest BCUT2D eigenvalue weighted by molar-refractivity contribution is 8.00. The summed E-state index contributed by atoms with van der Waals surface area (Å²) in [5.41, 5.74) is 3.71. The Bertz CT molecular complexity index is 553. The Morgan fingerprint density at radius 3 is 3.11 bits per heavy atom. The molecule has 0 amide bonds. The summed E-state index contributed by atoms with van der Waals surface area (Å²) in [6, 6.07) is 7.76. The van der Waals surface area contributed by atoms with Crippen molar-refractivity contribution in [2.75, 3.05) is 0 Å². The fraction of sp³-hybridized carbons (Fsp3) is 0.0833. The van der Waals surface area contributed by atoms with Crippen LogP contribution in [-0.4, -0.2) is 21.3 Å². The molecule has 18 heavy (non-hydrogen) atoms. The van der Waals surface area contributed by atoms with E-state index < -0.39 is 5.97 Å². The van der Waals surface area contributed by atoms with Crippen LogP contribution in [0.1, 0.15) is 11.1 Å². The molecule has 0 aliphatic heterocycles. The third-order valence-electron chi connectivity index (χ3n) is 2.07. The van der Waals surface area contributed by atoms with E-state index in [2.05, 4.69) is 10.2 Å². The second kappa shape index (κ2) is 6.32. The predicted octanol–water partition coefficient (Wildman–Crippen LogP) is 2.93. The van der Waals surface area contributed by atoms with Gasteiger partial charge in [0.1, 0.15) is 5.51 Å². The van der Waals surface area contributed by atoms with Crippen LogP contribution in [-0.2, 0) is 10.5 Å². The van der Waals surface area contributed by atoms with Gasteiger partial charge in [-0.15, -0.1) is 10.2 Å². The van der Waals surface area contributed by atoms with Gasteiger partial charge in [-0.3, -0.25) is 0 Å². The monoisotopic (exact) mass is 278 g/mol. The van der Waals surface area contributed by atoms with Crippen molar-refractivity contribution in [1.29, 1.82) is 0 Å². The van der Waals surface area contributed by atoms with E-state index in [4.69, 9.17) is 5.11 Å². The van der Waals surface area contributed by atoms with E-state index in [1.165, 1.54) is 11.3 Å². The molecule has 0 fully saturated rings. The smallest absolute Gasteiger partial charge is 0.328 e. The number of thioether (sulfide) groups is 1. The van der Waals surface area contributed by atoms with Crippen molar-refractivity contribution in [2.24, 2.45) is 0 Å². The molecule has 1 heterocycles. The average molecular weight is 278 g/mol. The van der Waals surface area contributed by atoms with Gasteiger partial charge in [0.25, 0.3) is 0 Å². The zero-order valence-electron chi connectivity index (χ0n) is 9.31. The van der Waals surface area contributed by atoms with Crippen LogP contribution in [0.25, 0.3) is 6.08 Å². The number of carboxylic acids is 1. The summed E-state index contributed by atoms with van der Waals surface area (Å²) in [6.07, 6.45) is 2.72. The van der Waals surface area contributed by atoms with Gasteiger partial charge in [-0.05, 0) is 17.2 Å². The van der Waals surface area contributed by atoms with Crippen molar-refractivity contribution >= 4 is 35.1 Å². The van der Waals surface area contributed by atoms with Gasteiger partial charge in [-0.25, -0.2) is 4.79 Å². The first kappa shape index (κ1) is 12.8. The number of aliphatic carboxylic acids is 1. The number of rotatable bonds is 5. The Balaban J connectivity index is 2.01. The van der Waals surface area contributed by atoms with Gasteiger partial charge in [0.15, 0.2) is 4.34 Å². The van der Waals surface area contributed by atoms with Crippen LogP contribution in [0, 0.1) is 0 Å². The zero-order chi connectivity index (χ0) is 12.8. The van der Waals surface area contributed by atoms with Gasteiger partial charge in [-0.1, -0.05) is 47.4 Å². The van der Waals surface area contributed by atoms with Crippen LogP contribution in [0.5, 0.6) is 0 Å². The Hall–Kier alpha value is -1.66. The van der Waals surface area contributed by atoms with Crippen LogP contribution >= 0.6 is 23.1 Å². The zero-order valence-corrected chi connectivity index (χ0v) is 10.9. The van der Waals surface area contributed by atoms with Gasteiger partial charge in [0.05, 0.1) is 0 Å². The normalized spacial score (nSPS) is 10.9. The number of benzene rings is 1. The highest BCUT2D eigenvalue weighted by Gasteiger charge is 2.00. The maximum absolute atomic E-state index is 10.4. The number of carbonyl (C=O) groups is 1. The number of nitrogens with zero attached hydrogens (tertiary/aromatic N) is 2. The topological polar surface area (TPSA) is 63.1 Å². The van der Waals surface area contributed by atoms with Crippen molar-refractivity contribution in [2.45, 2.75) is 10.1 Å². The summed E-state index contributed by atoms with van der Waals surface area (Å²) in [7, 11) is 0. The summed E-state index contributed by atoms with van der Waals surface area (Å²) in [6.45, 7) is 0. The molecule has 1 aromatic heterocycles. The maximum atomic E-state index is 10.4. The first-order chi connectivity index (χ1) is 8.74. The third-order valence-corrected chi connectivity index (χ3v) is 4.00. The average Bonchev–Trinajstić information content (AvgIpc) is 2.87. The van der Waals surface area contributed by atoms with E-state index >= 15 is 0 Å². The van der Waals surface area contributed by atoms with Crippen LogP contribution in [0.2, 0.25) is 0 Å². The van der Waals surface area contributed by atoms with Crippen molar-refractivity contribution in [1.82, 2.24) is 10.2 Å². The van der Waals surface area contributed by atoms with E-state index in [1.54, 1.807) is 23.3 Å². The fourth-order valence-corrected chi connectivity index (χ4v) is 2.76. The van der Waals surface area contributed by atoms with Crippen molar-refractivity contribution < 1.29 is 9.90 Å². The van der Waals surface area contributed by atoms with E-state index in [0.29, 0.717) is 0 Å². The Kier molecular flexibility index (Phi) is 4.49. The lowest BCUT2D eigenvalue weighted by molar-refractivity contribution is -0.131. The highest BCUT2D eigenvalue weighted by Crippen LogP contribution is 2.24. The molecular weight excluding hydrogens is 268 g/mol. The molecule has 0 unspecified atom stereocenters. The van der Waals surface area contributed by atoms with Gasteiger partial charge in [-0.2, -0.15) is 0 Å². The van der Waals surface area contributed by atoms with E-state index in [1.807, 2.05) is 24.3 Å². The minimum absolute atomic E-state index is 0.796. The largest absolute Gasteiger partial charge is 0.478 e. The number of hydrogen-bond donors (Lipinski definition) is 1. The first-order valence-corrected chi connectivity index (χ1v) is 6.99. The van der Waals surface area contributed by atoms with Crippen molar-refractivity contribution in [3.8, 4) is 0 Å². The van der Waals surface area contributed by atoms with Crippen LogP contribution < -0.4 is 0 Å². The molecule has 0 saturated carbocycles. The predicted molar refractivity (Wildman–Crippen MR) is 72.6 cm³/mol. The molecule has 1 aromatic carbocycles. The summed E-state index contributed by atoms with van der Waals surface area (Å²) in [4.78, 5) is 10.4. The molecule has 0 aliphatic carbocycles. The first-order valence-electron chi connectivity index (χ1n) is 5.13. The number of carboxylic acid groups (broad SMARTS) is 1. The molecule has 2 rings (SSSR count). The van der Waals surface area contributed by atoms with Crippen LogP contribution in [0.15, 0.2) is 40.2 Å². The molecular formula is C12H10N2O2S2. The summed E-state index contributed by atoms with van der Waals surface area (Å²) in [5, 5.41) is 16.3. The summed E-state index contributed by atoms with van der Waals surface area (Å²) >= 11 is 3.13. The molecule has 0 atom stereocenters. The lowest BCUT2D eigenvalue weighted by Gasteiger charge is -2.00. The second-order valence-corrected chi connectivity index (χ2v) is 5.47. The SMILES string of the molecule is O=C(O)/C=C/c1cccc(CSc2nncs2)c1. The molecule has 1 N–H and O–H groups in total. The molecule has 4 nitrogen and oxygen atoms in total. The molecule has 0 saturated heterocycles. The van der Waals surface area contributed by atoms with Gasteiger partial charge < -0.3 is 5.11 Å². The lowest BCUT2D eigenvalue weighted by Crippen LogP contribution is -1.86. The van der Waals surface area contributed by atoms with E-state index in [9.17, 15) is 4.79 Å². The van der Waals surface area contributed by atoms with E-state index in [-0.39, 0.29) is 0 Å². The molecule has 0 aliphatic rings. The quantitative estimate of drug-likeness (QED) is 0.673. The number of aromatic nitrogens is 2. The molecule has 0 bridgehead atoms. The van der Waals surface area contributed by atoms with Crippen molar-refractivity contribution in [3.63, 3.8) is 0 Å². The number of hydrogen-bond acceptors (Lipinski definition) is 5. The minimum Gasteiger partial charge on any atom is -0.478 e. The molecule has 2 aromatic rings. The Morgan fingerprint density at radius 2 is 2.39 bits per heavy atom. The molecule has 6 heteroatoms. The fourth-order valence-electron chi connectivity index (χ4n) is 1.32. The third kappa shape index (κ3) is 3.97.